The van der Waals surface area contributed by atoms with E-state index in [2.05, 4.69) is 49.9 Å². The molecule has 0 amide bonds. The number of rotatable bonds is 10. The molecule has 0 aliphatic carbocycles. The van der Waals surface area contributed by atoms with Gasteiger partial charge in [-0.2, -0.15) is 6.20 Å². The van der Waals surface area contributed by atoms with Crippen molar-refractivity contribution >= 4 is 0 Å². The Balaban J connectivity index is -0.0000000884. The van der Waals surface area contributed by atoms with Gasteiger partial charge in [0.15, 0.2) is 0 Å². The van der Waals surface area contributed by atoms with Gasteiger partial charge in [0.1, 0.15) is 22.8 Å². The number of ether oxygens (including phenoxy) is 1. The minimum absolute atomic E-state index is 0. The van der Waals surface area contributed by atoms with Crippen molar-refractivity contribution in [1.29, 1.82) is 0 Å². The van der Waals surface area contributed by atoms with E-state index in [1.165, 1.54) is 47.0 Å². The van der Waals surface area contributed by atoms with Crippen molar-refractivity contribution in [1.82, 2.24) is 21.9 Å². The molecule has 0 bridgehead atoms. The van der Waals surface area contributed by atoms with E-state index in [9.17, 15) is 19.6 Å². The summed E-state index contributed by atoms with van der Waals surface area (Å²) in [4.78, 5) is 38.6. The van der Waals surface area contributed by atoms with E-state index in [1.807, 2.05) is 18.2 Å². The van der Waals surface area contributed by atoms with Crippen LogP contribution in [0.3, 0.4) is 0 Å². The molecule has 0 aromatic carbocycles. The van der Waals surface area contributed by atoms with Crippen molar-refractivity contribution in [3.63, 3.8) is 0 Å². The fraction of sp³-hybridized carbons (Fsp3) is 0.533. The standard InChI is InChI=1S/C5H10N.C5H6N.4C4H8N2O2.C4H8O.2Co/c2*1-2-4-6-5-3-1;4*1-3(5-7)4(2)6-8;1-3-5-4-2;;/h1-5H2;1-4H,5H2;4*5,7H,1-2H3;1-4H2;;/q2*-1;;;;;-2;2*+2/b;;4*4-3-;;;. The van der Waals surface area contributed by atoms with E-state index in [1.54, 1.807) is 55.8 Å². The predicted octanol–water partition coefficient (Wildman–Crippen LogP) is 7.59. The molecule has 21 heteroatoms. The molecule has 2 heterocycles. The number of hydrogen-bond donors (Lipinski definition) is 8. The van der Waals surface area contributed by atoms with Crippen LogP contribution < -0.4 is 21.9 Å². The Kier molecular flexibility index (Phi) is 62.7. The second kappa shape index (κ2) is 51.0. The number of allylic oxidation sites excluding steroid dienone is 10. The van der Waals surface area contributed by atoms with E-state index >= 15 is 0 Å². The molecule has 2 radical (unpaired) electrons. The Hall–Kier alpha value is -3.39. The molecule has 0 saturated carbocycles. The molecule has 2 rings (SSSR count). The molecule has 1 fully saturated rings. The van der Waals surface area contributed by atoms with Crippen molar-refractivity contribution in [2.45, 2.75) is 74.7 Å². The summed E-state index contributed by atoms with van der Waals surface area (Å²) >= 11 is 0. The van der Waals surface area contributed by atoms with Gasteiger partial charge >= 0.3 is 33.6 Å². The smallest absolute Gasteiger partial charge is 0.687 e. The van der Waals surface area contributed by atoms with Crippen LogP contribution in [0.25, 0.3) is 10.6 Å². The summed E-state index contributed by atoms with van der Waals surface area (Å²) in [5, 5.41) is 50.9. The molecule has 0 aromatic rings. The summed E-state index contributed by atoms with van der Waals surface area (Å²) in [5.41, 5.74) is 9.73. The summed E-state index contributed by atoms with van der Waals surface area (Å²) in [5.74, 6) is 0. The number of hydroxylamine groups is 4. The van der Waals surface area contributed by atoms with E-state index in [-0.39, 0.29) is 56.3 Å². The summed E-state index contributed by atoms with van der Waals surface area (Å²) in [6.45, 7) is 23.2. The second-order valence-electron chi connectivity index (χ2n) is 9.13. The first-order valence-electron chi connectivity index (χ1n) is 14.7. The van der Waals surface area contributed by atoms with Crippen molar-refractivity contribution in [2.75, 3.05) is 32.8 Å². The molecule has 0 atom stereocenters. The fourth-order valence-corrected chi connectivity index (χ4v) is 1.81. The summed E-state index contributed by atoms with van der Waals surface area (Å²) in [6, 6.07) is 0. The van der Waals surface area contributed by atoms with E-state index < -0.39 is 0 Å². The van der Waals surface area contributed by atoms with Gasteiger partial charge in [0.05, 0.1) is 22.8 Å². The second-order valence-corrected chi connectivity index (χ2v) is 9.13. The summed E-state index contributed by atoms with van der Waals surface area (Å²) in [7, 11) is 0. The maximum Gasteiger partial charge on any atom is 2.00 e. The third-order valence-corrected chi connectivity index (χ3v) is 5.46. The fourth-order valence-electron chi connectivity index (χ4n) is 1.81. The van der Waals surface area contributed by atoms with Crippen molar-refractivity contribution in [2.24, 2.45) is 20.7 Å². The van der Waals surface area contributed by atoms with Crippen molar-refractivity contribution in [3.8, 4) is 0 Å². The van der Waals surface area contributed by atoms with Gasteiger partial charge in [0.25, 0.3) is 0 Å². The van der Waals surface area contributed by atoms with Gasteiger partial charge < -0.3 is 29.2 Å². The molecule has 2 aliphatic heterocycles. The molecule has 0 unspecified atom stereocenters. The first-order chi connectivity index (χ1) is 23.3. The molecule has 19 nitrogen and oxygen atoms in total. The van der Waals surface area contributed by atoms with Crippen LogP contribution in [0.1, 0.15) is 74.7 Å². The van der Waals surface area contributed by atoms with Gasteiger partial charge in [0, 0.05) is 0 Å². The van der Waals surface area contributed by atoms with Gasteiger partial charge in [-0.25, -0.2) is 0 Å². The summed E-state index contributed by atoms with van der Waals surface area (Å²) < 4.78 is 4.61. The van der Waals surface area contributed by atoms with E-state index in [0.29, 0.717) is 36.0 Å². The zero-order valence-electron chi connectivity index (χ0n) is 30.6. The third kappa shape index (κ3) is 51.1. The van der Waals surface area contributed by atoms with Crippen LogP contribution in [0.15, 0.2) is 90.7 Å². The minimum atomic E-state index is 0. The number of piperidine rings is 1. The molecule has 8 N–H and O–H groups in total. The SMILES string of the molecule is C/C(N=O)=C(\C)NO.C/C(N=O)=C(\C)NO.C/C(N=O)=C(\C)NO.C/C(N=O)=C(\C)NO.C1=CC[N-]C=C1.C1CC[N-]CC1.[CH2-]COC[CH2-].[Co+2].[Co+2]. The largest absolute Gasteiger partial charge is 2.00 e. The molecule has 1 saturated heterocycles. The van der Waals surface area contributed by atoms with Crippen molar-refractivity contribution < 1.29 is 59.1 Å². The maximum absolute atomic E-state index is 9.65. The van der Waals surface area contributed by atoms with Gasteiger partial charge in [0.2, 0.25) is 0 Å². The number of hydrogen-bond acceptors (Lipinski definition) is 17. The normalized spacial score (nSPS) is 13.5. The zero-order chi connectivity index (χ0) is 38.9. The quantitative estimate of drug-likeness (QED) is 0.0600. The number of nitroso groups, excluding NO2 is 4. The van der Waals surface area contributed by atoms with Crippen LogP contribution in [0, 0.1) is 33.5 Å². The maximum atomic E-state index is 9.65. The van der Waals surface area contributed by atoms with Gasteiger partial charge in [-0.15, -0.1) is 45.3 Å². The first-order valence-corrected chi connectivity index (χ1v) is 14.7. The molecule has 0 aromatic heterocycles. The Bertz CT molecular complexity index is 908. The molecular formula is C30H56Co2N10O9. The van der Waals surface area contributed by atoms with Crippen LogP contribution in [-0.4, -0.2) is 53.7 Å². The average molecular weight is 819 g/mol. The monoisotopic (exact) mass is 818 g/mol. The Morgan fingerprint density at radius 3 is 0.980 bits per heavy atom. The number of nitrogens with one attached hydrogen (secondary N) is 4. The van der Waals surface area contributed by atoms with Gasteiger partial charge in [-0.1, -0.05) is 44.6 Å². The molecular weight excluding hydrogens is 762 g/mol. The Morgan fingerprint density at radius 2 is 0.922 bits per heavy atom. The minimum Gasteiger partial charge on any atom is -0.687 e. The van der Waals surface area contributed by atoms with Gasteiger partial charge in [-0.3, -0.25) is 42.7 Å². The number of nitrogens with zero attached hydrogens (tertiary/aromatic N) is 6. The molecule has 0 spiro atoms. The van der Waals surface area contributed by atoms with Crippen LogP contribution in [0.5, 0.6) is 0 Å². The van der Waals surface area contributed by atoms with Crippen LogP contribution in [0.4, 0.5) is 0 Å². The van der Waals surface area contributed by atoms with E-state index in [0.717, 1.165) is 19.6 Å². The zero-order valence-corrected chi connectivity index (χ0v) is 32.6. The molecule has 2 aliphatic rings. The first kappa shape index (κ1) is 62.7. The Morgan fingerprint density at radius 1 is 0.608 bits per heavy atom. The van der Waals surface area contributed by atoms with Crippen LogP contribution in [-0.2, 0) is 38.3 Å². The molecule has 298 valence electrons. The molecule has 51 heavy (non-hydrogen) atoms. The van der Waals surface area contributed by atoms with Crippen LogP contribution in [0.2, 0.25) is 0 Å². The Labute approximate surface area is 322 Å². The average Bonchev–Trinajstić information content (AvgIpc) is 3.18. The van der Waals surface area contributed by atoms with E-state index in [4.69, 9.17) is 20.8 Å². The summed E-state index contributed by atoms with van der Waals surface area (Å²) in [6.07, 6.45) is 11.8. The van der Waals surface area contributed by atoms with Crippen molar-refractivity contribution in [3.05, 3.63) is 114 Å². The topological polar surface area (TPSA) is 284 Å². The third-order valence-electron chi connectivity index (χ3n) is 5.46. The predicted molar refractivity (Wildman–Crippen MR) is 191 cm³/mol. The van der Waals surface area contributed by atoms with Crippen LogP contribution >= 0.6 is 0 Å². The van der Waals surface area contributed by atoms with Gasteiger partial charge in [-0.05, 0) is 76.1 Å².